The fourth-order valence-electron chi connectivity index (χ4n) is 4.92. The summed E-state index contributed by atoms with van der Waals surface area (Å²) in [6, 6.07) is 0. The Bertz CT molecular complexity index is 417. The van der Waals surface area contributed by atoms with E-state index in [9.17, 15) is 9.67 Å². The summed E-state index contributed by atoms with van der Waals surface area (Å²) in [5, 5.41) is 9.71. The van der Waals surface area contributed by atoms with Crippen LogP contribution >= 0.6 is 7.14 Å². The first-order valence-electron chi connectivity index (χ1n) is 13.4. The van der Waals surface area contributed by atoms with E-state index < -0.39 is 7.14 Å². The van der Waals surface area contributed by atoms with Crippen LogP contribution in [0, 0.1) is 17.8 Å². The molecule has 1 aliphatic rings. The van der Waals surface area contributed by atoms with E-state index in [1.165, 1.54) is 38.5 Å². The molecule has 0 aromatic carbocycles. The summed E-state index contributed by atoms with van der Waals surface area (Å²) >= 11 is 0. The standard InChI is InChI=1S/C15H33OP.C10H20O.C2H6/c1-6-10-11-12-13-17(16,14(5)7-2)15(8-3)9-4;1-7(2)9-5-4-8(3)6-10(9)11;1-2/h14-15H,6-13H2,1-5H3;7-11H,4-6H2,1-3H3;1-2H3/t;8?,9-,10?;/m.0./s1. The molecule has 1 aliphatic carbocycles. The highest BCUT2D eigenvalue weighted by atomic mass is 31.2. The molecular formula is C27H59O2P. The molecule has 0 aromatic heterocycles. The third-order valence-electron chi connectivity index (χ3n) is 7.25. The van der Waals surface area contributed by atoms with Gasteiger partial charge in [0.05, 0.1) is 13.2 Å². The minimum absolute atomic E-state index is 0.0289. The molecule has 0 amide bonds. The molecule has 4 unspecified atom stereocenters. The summed E-state index contributed by atoms with van der Waals surface area (Å²) in [5.74, 6) is 1.95. The van der Waals surface area contributed by atoms with E-state index in [1.807, 2.05) is 13.8 Å². The molecule has 0 saturated heterocycles. The van der Waals surface area contributed by atoms with Crippen LogP contribution in [0.1, 0.15) is 133 Å². The van der Waals surface area contributed by atoms with Gasteiger partial charge in [-0.15, -0.1) is 0 Å². The fourth-order valence-corrected chi connectivity index (χ4v) is 9.01. The highest BCUT2D eigenvalue weighted by molar-refractivity contribution is 7.65. The van der Waals surface area contributed by atoms with Crippen molar-refractivity contribution >= 4 is 7.14 Å². The van der Waals surface area contributed by atoms with Crippen LogP contribution in [0.3, 0.4) is 0 Å². The SMILES string of the molecule is CC.CC1CC[C@@H](C(C)C)C(O)C1.CCCCCCP(=O)(C(C)CC)C(CC)CC. The first-order chi connectivity index (χ1) is 14.2. The molecule has 0 aromatic rings. The molecule has 5 atom stereocenters. The van der Waals surface area contributed by atoms with E-state index in [1.54, 1.807) is 0 Å². The first-order valence-corrected chi connectivity index (χ1v) is 15.5. The van der Waals surface area contributed by atoms with Crippen LogP contribution in [0.5, 0.6) is 0 Å². The molecule has 2 nitrogen and oxygen atoms in total. The van der Waals surface area contributed by atoms with Gasteiger partial charge in [-0.2, -0.15) is 0 Å². The van der Waals surface area contributed by atoms with E-state index in [-0.39, 0.29) is 6.10 Å². The van der Waals surface area contributed by atoms with Gasteiger partial charge in [-0.1, -0.05) is 94.9 Å². The average Bonchev–Trinajstić information content (AvgIpc) is 2.73. The molecular weight excluding hydrogens is 387 g/mol. The van der Waals surface area contributed by atoms with Gasteiger partial charge in [0.1, 0.15) is 0 Å². The van der Waals surface area contributed by atoms with Crippen LogP contribution in [-0.4, -0.2) is 28.7 Å². The molecule has 0 spiro atoms. The lowest BCUT2D eigenvalue weighted by Gasteiger charge is -2.33. The molecule has 1 fully saturated rings. The Kier molecular flexibility index (Phi) is 20.2. The highest BCUT2D eigenvalue weighted by Gasteiger charge is 2.34. The van der Waals surface area contributed by atoms with Crippen molar-refractivity contribution in [2.24, 2.45) is 17.8 Å². The maximum absolute atomic E-state index is 13.3. The molecule has 1 N–H and O–H groups in total. The zero-order chi connectivity index (χ0) is 23.7. The zero-order valence-electron chi connectivity index (χ0n) is 22.5. The average molecular weight is 447 g/mol. The molecule has 184 valence electrons. The van der Waals surface area contributed by atoms with E-state index in [0.29, 0.717) is 23.2 Å². The Labute approximate surface area is 191 Å². The van der Waals surface area contributed by atoms with Crippen molar-refractivity contribution in [3.63, 3.8) is 0 Å². The number of hydrogen-bond donors (Lipinski definition) is 1. The molecule has 3 heteroatoms. The summed E-state index contributed by atoms with van der Waals surface area (Å²) in [5.41, 5.74) is 0.896. The fraction of sp³-hybridized carbons (Fsp3) is 1.00. The van der Waals surface area contributed by atoms with Gasteiger partial charge in [-0.25, -0.2) is 0 Å². The molecule has 0 radical (unpaired) electrons. The minimum atomic E-state index is -1.96. The summed E-state index contributed by atoms with van der Waals surface area (Å²) < 4.78 is 13.3. The normalized spacial score (nSPS) is 24.4. The largest absolute Gasteiger partial charge is 0.393 e. The second kappa shape index (κ2) is 18.7. The second-order valence-corrected chi connectivity index (χ2v) is 13.5. The monoisotopic (exact) mass is 446 g/mol. The Balaban J connectivity index is 0. The van der Waals surface area contributed by atoms with Crippen LogP contribution in [0.15, 0.2) is 0 Å². The van der Waals surface area contributed by atoms with E-state index in [0.717, 1.165) is 37.8 Å². The Morgan fingerprint density at radius 1 is 0.900 bits per heavy atom. The smallest absolute Gasteiger partial charge is 0.0932 e. The van der Waals surface area contributed by atoms with Crippen molar-refractivity contribution in [3.8, 4) is 0 Å². The molecule has 0 aliphatic heterocycles. The number of unbranched alkanes of at least 4 members (excludes halogenated alkanes) is 3. The number of rotatable bonds is 11. The Hall–Kier alpha value is 0.190. The van der Waals surface area contributed by atoms with E-state index in [4.69, 9.17) is 0 Å². The lowest BCUT2D eigenvalue weighted by atomic mass is 9.75. The van der Waals surface area contributed by atoms with Gasteiger partial charge in [-0.05, 0) is 56.3 Å². The van der Waals surface area contributed by atoms with Crippen molar-refractivity contribution in [2.45, 2.75) is 151 Å². The van der Waals surface area contributed by atoms with Crippen LogP contribution in [0.25, 0.3) is 0 Å². The van der Waals surface area contributed by atoms with Gasteiger partial charge >= 0.3 is 0 Å². The minimum Gasteiger partial charge on any atom is -0.393 e. The summed E-state index contributed by atoms with van der Waals surface area (Å²) in [4.78, 5) is 0. The van der Waals surface area contributed by atoms with E-state index >= 15 is 0 Å². The summed E-state index contributed by atoms with van der Waals surface area (Å²) in [7, 11) is -1.96. The number of aliphatic hydroxyl groups is 1. The zero-order valence-corrected chi connectivity index (χ0v) is 23.4. The third-order valence-corrected chi connectivity index (χ3v) is 12.1. The summed E-state index contributed by atoms with van der Waals surface area (Å²) in [6.07, 6.45) is 12.8. The first kappa shape index (κ1) is 32.4. The number of hydrogen-bond acceptors (Lipinski definition) is 2. The molecule has 1 saturated carbocycles. The second-order valence-electron chi connectivity index (χ2n) is 9.76. The number of aliphatic hydroxyl groups excluding tert-OH is 1. The van der Waals surface area contributed by atoms with Crippen molar-refractivity contribution in [1.29, 1.82) is 0 Å². The third kappa shape index (κ3) is 11.7. The Morgan fingerprint density at radius 3 is 1.87 bits per heavy atom. The van der Waals surface area contributed by atoms with Gasteiger partial charge < -0.3 is 9.67 Å². The van der Waals surface area contributed by atoms with Crippen molar-refractivity contribution in [1.82, 2.24) is 0 Å². The van der Waals surface area contributed by atoms with Crippen LogP contribution in [-0.2, 0) is 4.57 Å². The predicted octanol–water partition coefficient (Wildman–Crippen LogP) is 9.38. The van der Waals surface area contributed by atoms with Crippen LogP contribution in [0.2, 0.25) is 0 Å². The van der Waals surface area contributed by atoms with Gasteiger partial charge in [-0.3, -0.25) is 0 Å². The molecule has 0 bridgehead atoms. The molecule has 30 heavy (non-hydrogen) atoms. The maximum Gasteiger partial charge on any atom is 0.0932 e. The quantitative estimate of drug-likeness (QED) is 0.253. The van der Waals surface area contributed by atoms with Crippen molar-refractivity contribution in [3.05, 3.63) is 0 Å². The Morgan fingerprint density at radius 2 is 1.47 bits per heavy atom. The molecule has 0 heterocycles. The van der Waals surface area contributed by atoms with E-state index in [2.05, 4.69) is 55.4 Å². The van der Waals surface area contributed by atoms with Crippen LogP contribution in [0.4, 0.5) is 0 Å². The lowest BCUT2D eigenvalue weighted by Crippen LogP contribution is -2.31. The lowest BCUT2D eigenvalue weighted by molar-refractivity contribution is 0.0266. The van der Waals surface area contributed by atoms with Gasteiger partial charge in [0.2, 0.25) is 0 Å². The molecule has 1 rings (SSSR count). The van der Waals surface area contributed by atoms with Gasteiger partial charge in [0.15, 0.2) is 0 Å². The van der Waals surface area contributed by atoms with Crippen molar-refractivity contribution in [2.75, 3.05) is 6.16 Å². The summed E-state index contributed by atoms with van der Waals surface area (Å²) in [6.45, 7) is 21.7. The maximum atomic E-state index is 13.3. The van der Waals surface area contributed by atoms with Crippen LogP contribution < -0.4 is 0 Å². The predicted molar refractivity (Wildman–Crippen MR) is 139 cm³/mol. The topological polar surface area (TPSA) is 37.3 Å². The highest BCUT2D eigenvalue weighted by Crippen LogP contribution is 2.59. The van der Waals surface area contributed by atoms with Gasteiger partial charge in [0.25, 0.3) is 0 Å². The van der Waals surface area contributed by atoms with Crippen molar-refractivity contribution < 1.29 is 9.67 Å². The van der Waals surface area contributed by atoms with Gasteiger partial charge in [0, 0.05) is 17.5 Å².